The minimum atomic E-state index is -0.204. The zero-order valence-electron chi connectivity index (χ0n) is 16.1. The number of fused-ring (bicyclic) bond motifs is 2. The molecule has 0 bridgehead atoms. The van der Waals surface area contributed by atoms with Crippen LogP contribution in [0.25, 0.3) is 10.8 Å². The molecule has 1 saturated carbocycles. The lowest BCUT2D eigenvalue weighted by atomic mass is 10.1. The molecule has 2 aromatic carbocycles. The summed E-state index contributed by atoms with van der Waals surface area (Å²) < 4.78 is 0. The van der Waals surface area contributed by atoms with Gasteiger partial charge in [-0.1, -0.05) is 29.8 Å². The van der Waals surface area contributed by atoms with Crippen molar-refractivity contribution in [1.82, 2.24) is 15.2 Å². The normalized spacial score (nSPS) is 22.2. The molecule has 1 aromatic heterocycles. The Bertz CT molecular complexity index is 1080. The average Bonchev–Trinajstić information content (AvgIpc) is 3.16. The summed E-state index contributed by atoms with van der Waals surface area (Å²) in [5.41, 5.74) is 2.64. The number of carbonyl (C=O) groups is 2. The molecule has 2 N–H and O–H groups in total. The Morgan fingerprint density at radius 1 is 1.03 bits per heavy atom. The van der Waals surface area contributed by atoms with Gasteiger partial charge in [-0.05, 0) is 31.2 Å². The van der Waals surface area contributed by atoms with E-state index in [1.165, 1.54) is 0 Å². The van der Waals surface area contributed by atoms with Gasteiger partial charge in [-0.3, -0.25) is 9.78 Å². The highest BCUT2D eigenvalue weighted by Gasteiger charge is 2.57. The molecule has 29 heavy (non-hydrogen) atoms. The van der Waals surface area contributed by atoms with Crippen molar-refractivity contribution >= 4 is 28.4 Å². The van der Waals surface area contributed by atoms with Crippen molar-refractivity contribution in [3.05, 3.63) is 72.1 Å². The number of rotatable bonds is 3. The van der Waals surface area contributed by atoms with Crippen LogP contribution in [0, 0.1) is 18.8 Å². The van der Waals surface area contributed by atoms with Crippen molar-refractivity contribution in [2.45, 2.75) is 13.0 Å². The van der Waals surface area contributed by atoms with Crippen molar-refractivity contribution in [2.75, 3.05) is 18.4 Å². The fraction of sp³-hybridized carbons (Fsp3) is 0.261. The number of nitrogens with zero attached hydrogens (tertiary/aromatic N) is 2. The molecule has 0 spiro atoms. The van der Waals surface area contributed by atoms with Gasteiger partial charge in [0.2, 0.25) is 0 Å². The van der Waals surface area contributed by atoms with E-state index in [-0.39, 0.29) is 18.0 Å². The van der Waals surface area contributed by atoms with Crippen molar-refractivity contribution in [2.24, 2.45) is 11.8 Å². The van der Waals surface area contributed by atoms with E-state index < -0.39 is 0 Å². The van der Waals surface area contributed by atoms with Crippen LogP contribution >= 0.6 is 0 Å². The van der Waals surface area contributed by atoms with Crippen LogP contribution in [-0.4, -0.2) is 41.0 Å². The predicted octanol–water partition coefficient (Wildman–Crippen LogP) is 3.44. The number of nitrogens with one attached hydrogen (secondary N) is 2. The number of pyridine rings is 1. The van der Waals surface area contributed by atoms with Gasteiger partial charge in [-0.25, -0.2) is 4.79 Å². The number of likely N-dealkylation sites (tertiary alicyclic amines) is 1. The molecular formula is C23H22N4O2. The highest BCUT2D eigenvalue weighted by Crippen LogP contribution is 2.45. The minimum Gasteiger partial charge on any atom is -0.338 e. The zero-order valence-corrected chi connectivity index (χ0v) is 16.1. The second-order valence-electron chi connectivity index (χ2n) is 7.93. The van der Waals surface area contributed by atoms with E-state index in [2.05, 4.69) is 15.6 Å². The van der Waals surface area contributed by atoms with E-state index in [9.17, 15) is 9.59 Å². The van der Waals surface area contributed by atoms with Gasteiger partial charge in [0.1, 0.15) is 0 Å². The minimum absolute atomic E-state index is 0.0739. The van der Waals surface area contributed by atoms with Gasteiger partial charge in [-0.2, -0.15) is 0 Å². The number of urea groups is 1. The van der Waals surface area contributed by atoms with Crippen LogP contribution < -0.4 is 10.6 Å². The Morgan fingerprint density at radius 2 is 1.79 bits per heavy atom. The number of amides is 3. The van der Waals surface area contributed by atoms with Crippen LogP contribution in [-0.2, 0) is 0 Å². The first-order chi connectivity index (χ1) is 14.1. The third-order valence-electron chi connectivity index (χ3n) is 6.01. The topological polar surface area (TPSA) is 74.3 Å². The summed E-state index contributed by atoms with van der Waals surface area (Å²) in [5.74, 6) is 0.753. The third kappa shape index (κ3) is 3.31. The second kappa shape index (κ2) is 6.88. The van der Waals surface area contributed by atoms with E-state index in [0.717, 1.165) is 27.6 Å². The monoisotopic (exact) mass is 386 g/mol. The Hall–Kier alpha value is -3.41. The van der Waals surface area contributed by atoms with E-state index in [4.69, 9.17) is 0 Å². The summed E-state index contributed by atoms with van der Waals surface area (Å²) in [4.78, 5) is 31.1. The zero-order chi connectivity index (χ0) is 20.0. The fourth-order valence-electron chi connectivity index (χ4n) is 4.33. The molecule has 2 aliphatic rings. The molecule has 1 aliphatic carbocycles. The SMILES string of the molecule is Cc1ccc(C(=O)N2CC3C(C2)C3NC(=O)Nc2cccc3cnccc23)cc1. The molecule has 2 fully saturated rings. The largest absolute Gasteiger partial charge is 0.338 e. The van der Waals surface area contributed by atoms with Crippen molar-refractivity contribution in [3.8, 4) is 0 Å². The molecule has 6 heteroatoms. The molecule has 146 valence electrons. The Morgan fingerprint density at radius 3 is 2.55 bits per heavy atom. The smallest absolute Gasteiger partial charge is 0.319 e. The summed E-state index contributed by atoms with van der Waals surface area (Å²) in [6.45, 7) is 3.40. The van der Waals surface area contributed by atoms with Gasteiger partial charge in [-0.15, -0.1) is 0 Å². The molecule has 2 unspecified atom stereocenters. The lowest BCUT2D eigenvalue weighted by Crippen LogP contribution is -2.39. The maximum absolute atomic E-state index is 12.6. The Balaban J connectivity index is 1.18. The summed E-state index contributed by atoms with van der Waals surface area (Å²) in [6.07, 6.45) is 3.50. The molecule has 0 radical (unpaired) electrons. The predicted molar refractivity (Wildman–Crippen MR) is 112 cm³/mol. The van der Waals surface area contributed by atoms with Gasteiger partial charge in [0.15, 0.2) is 0 Å². The van der Waals surface area contributed by atoms with Gasteiger partial charge in [0.25, 0.3) is 5.91 Å². The van der Waals surface area contributed by atoms with Gasteiger partial charge in [0.05, 0.1) is 5.69 Å². The van der Waals surface area contributed by atoms with E-state index >= 15 is 0 Å². The maximum atomic E-state index is 12.6. The maximum Gasteiger partial charge on any atom is 0.319 e. The number of aryl methyl sites for hydroxylation is 1. The molecule has 1 saturated heterocycles. The highest BCUT2D eigenvalue weighted by molar-refractivity contribution is 6.01. The third-order valence-corrected chi connectivity index (χ3v) is 6.01. The second-order valence-corrected chi connectivity index (χ2v) is 7.93. The highest BCUT2D eigenvalue weighted by atomic mass is 16.2. The van der Waals surface area contributed by atoms with Crippen LogP contribution in [0.2, 0.25) is 0 Å². The number of hydrogen-bond donors (Lipinski definition) is 2. The molecule has 2 atom stereocenters. The van der Waals surface area contributed by atoms with Crippen LogP contribution in [0.4, 0.5) is 10.5 Å². The average molecular weight is 386 g/mol. The first-order valence-corrected chi connectivity index (χ1v) is 9.86. The standard InChI is InChI=1S/C23H22N4O2/c1-14-5-7-15(8-6-14)22(28)27-12-18-19(13-27)21(18)26-23(29)25-20-4-2-3-16-11-24-10-9-17(16)20/h2-11,18-19,21H,12-13H2,1H3,(H2,25,26,29). The number of hydrogen-bond acceptors (Lipinski definition) is 3. The molecule has 6 nitrogen and oxygen atoms in total. The Kier molecular flexibility index (Phi) is 4.19. The van der Waals surface area contributed by atoms with Gasteiger partial charge in [0, 0.05) is 59.7 Å². The number of aromatic nitrogens is 1. The summed E-state index contributed by atoms with van der Waals surface area (Å²) in [7, 11) is 0. The van der Waals surface area contributed by atoms with Crippen molar-refractivity contribution < 1.29 is 9.59 Å². The summed E-state index contributed by atoms with van der Waals surface area (Å²) >= 11 is 0. The van der Waals surface area contributed by atoms with Crippen molar-refractivity contribution in [1.29, 1.82) is 0 Å². The van der Waals surface area contributed by atoms with Gasteiger partial charge >= 0.3 is 6.03 Å². The Labute approximate surface area is 168 Å². The quantitative estimate of drug-likeness (QED) is 0.724. The summed E-state index contributed by atoms with van der Waals surface area (Å²) in [5, 5.41) is 7.97. The lowest BCUT2D eigenvalue weighted by Gasteiger charge is -2.20. The van der Waals surface area contributed by atoms with E-state index in [1.807, 2.05) is 60.4 Å². The van der Waals surface area contributed by atoms with Crippen molar-refractivity contribution in [3.63, 3.8) is 0 Å². The molecular weight excluding hydrogens is 364 g/mol. The van der Waals surface area contributed by atoms with Crippen LogP contribution in [0.1, 0.15) is 15.9 Å². The molecule has 1 aliphatic heterocycles. The fourth-order valence-corrected chi connectivity index (χ4v) is 4.33. The number of piperidine rings is 1. The van der Waals surface area contributed by atoms with E-state index in [1.54, 1.807) is 12.4 Å². The first kappa shape index (κ1) is 17.7. The number of anilines is 1. The van der Waals surface area contributed by atoms with Gasteiger partial charge < -0.3 is 15.5 Å². The van der Waals surface area contributed by atoms with Crippen LogP contribution in [0.5, 0.6) is 0 Å². The van der Waals surface area contributed by atoms with Crippen LogP contribution in [0.15, 0.2) is 60.9 Å². The molecule has 3 aromatic rings. The molecule has 3 amide bonds. The summed E-state index contributed by atoms with van der Waals surface area (Å²) in [6, 6.07) is 15.3. The van der Waals surface area contributed by atoms with E-state index in [0.29, 0.717) is 24.9 Å². The number of carbonyl (C=O) groups excluding carboxylic acids is 2. The lowest BCUT2D eigenvalue weighted by molar-refractivity contribution is 0.0772. The number of benzene rings is 2. The molecule has 5 rings (SSSR count). The van der Waals surface area contributed by atoms with Crippen LogP contribution in [0.3, 0.4) is 0 Å². The molecule has 2 heterocycles. The first-order valence-electron chi connectivity index (χ1n) is 9.86.